The van der Waals surface area contributed by atoms with Crippen molar-refractivity contribution < 1.29 is 0 Å². The monoisotopic (exact) mass is 499 g/mol. The van der Waals surface area contributed by atoms with Crippen LogP contribution >= 0.6 is 11.6 Å². The topological polar surface area (TPSA) is 71.6 Å². The summed E-state index contributed by atoms with van der Waals surface area (Å²) in [6.45, 7) is 12.0. The average molecular weight is 500 g/mol. The van der Waals surface area contributed by atoms with E-state index < -0.39 is 0 Å². The molecule has 4 aromatic rings. The summed E-state index contributed by atoms with van der Waals surface area (Å²) in [6, 6.07) is 8.28. The van der Waals surface area contributed by atoms with Gasteiger partial charge in [0.2, 0.25) is 0 Å². The van der Waals surface area contributed by atoms with Crippen molar-refractivity contribution in [2.75, 3.05) is 18.0 Å². The second-order valence-electron chi connectivity index (χ2n) is 10.4. The lowest BCUT2D eigenvalue weighted by Crippen LogP contribution is -2.42. The number of aryl methyl sites for hydroxylation is 1. The van der Waals surface area contributed by atoms with Crippen molar-refractivity contribution in [2.45, 2.75) is 52.0 Å². The number of fused-ring (bicyclic) bond motifs is 2. The Morgan fingerprint density at radius 1 is 1.11 bits per heavy atom. The molecule has 0 aromatic carbocycles. The first-order valence-corrected chi connectivity index (χ1v) is 12.9. The van der Waals surface area contributed by atoms with Crippen molar-refractivity contribution in [1.82, 2.24) is 24.6 Å². The van der Waals surface area contributed by atoms with Crippen LogP contribution in [-0.4, -0.2) is 44.4 Å². The number of pyridine rings is 2. The Morgan fingerprint density at radius 2 is 1.92 bits per heavy atom. The molecule has 0 bridgehead atoms. The molecule has 2 aliphatic rings. The van der Waals surface area contributed by atoms with E-state index in [1.807, 2.05) is 48.2 Å². The number of hydrogen-bond acceptors (Lipinski definition) is 6. The minimum Gasteiger partial charge on any atom is -0.355 e. The van der Waals surface area contributed by atoms with Gasteiger partial charge in [0, 0.05) is 42.2 Å². The van der Waals surface area contributed by atoms with Crippen LogP contribution in [0, 0.1) is 12.3 Å². The van der Waals surface area contributed by atoms with Gasteiger partial charge in [-0.1, -0.05) is 31.5 Å². The summed E-state index contributed by atoms with van der Waals surface area (Å²) in [6.07, 6.45) is 8.55. The fourth-order valence-corrected chi connectivity index (χ4v) is 6.59. The maximum absolute atomic E-state index is 6.84. The molecule has 36 heavy (non-hydrogen) atoms. The molecule has 7 nitrogen and oxygen atoms in total. The Morgan fingerprint density at radius 3 is 2.67 bits per heavy atom. The largest absolute Gasteiger partial charge is 0.355 e. The van der Waals surface area contributed by atoms with Crippen LogP contribution in [0.3, 0.4) is 0 Å². The maximum atomic E-state index is 6.84. The van der Waals surface area contributed by atoms with Gasteiger partial charge in [-0.25, -0.2) is 9.50 Å². The van der Waals surface area contributed by atoms with Crippen LogP contribution in [0.5, 0.6) is 0 Å². The molecule has 1 saturated heterocycles. The average Bonchev–Trinajstić information content (AvgIpc) is 3.47. The number of aliphatic imine (C=N–C) groups is 1. The molecule has 1 atom stereocenters. The molecule has 1 unspecified atom stereocenters. The zero-order valence-electron chi connectivity index (χ0n) is 20.9. The Labute approximate surface area is 216 Å². The van der Waals surface area contributed by atoms with Gasteiger partial charge in [0.05, 0.1) is 34.3 Å². The highest BCUT2D eigenvalue weighted by atomic mass is 35.5. The van der Waals surface area contributed by atoms with Crippen molar-refractivity contribution in [3.8, 4) is 11.3 Å². The first kappa shape index (κ1) is 23.1. The van der Waals surface area contributed by atoms with Crippen molar-refractivity contribution in [3.05, 3.63) is 70.5 Å². The number of aromatic nitrogens is 5. The van der Waals surface area contributed by atoms with Gasteiger partial charge < -0.3 is 4.90 Å². The first-order chi connectivity index (χ1) is 17.4. The summed E-state index contributed by atoms with van der Waals surface area (Å²) in [5.41, 5.74) is 7.09. The van der Waals surface area contributed by atoms with Crippen LogP contribution < -0.4 is 4.90 Å². The van der Waals surface area contributed by atoms with Crippen LogP contribution in [0.25, 0.3) is 16.8 Å². The van der Waals surface area contributed by atoms with Gasteiger partial charge in [-0.3, -0.25) is 15.0 Å². The summed E-state index contributed by atoms with van der Waals surface area (Å²) in [7, 11) is 0. The number of hydrogen-bond donors (Lipinski definition) is 0. The van der Waals surface area contributed by atoms with Gasteiger partial charge in [-0.05, 0) is 62.6 Å². The van der Waals surface area contributed by atoms with Crippen LogP contribution in [0.15, 0.2) is 47.8 Å². The quantitative estimate of drug-likeness (QED) is 0.329. The van der Waals surface area contributed by atoms with Gasteiger partial charge in [-0.2, -0.15) is 5.10 Å². The third-order valence-electron chi connectivity index (χ3n) is 7.98. The summed E-state index contributed by atoms with van der Waals surface area (Å²) < 4.78 is 1.98. The fourth-order valence-electron chi connectivity index (χ4n) is 6.17. The van der Waals surface area contributed by atoms with Crippen molar-refractivity contribution >= 4 is 29.7 Å². The van der Waals surface area contributed by atoms with E-state index in [0.717, 1.165) is 66.3 Å². The fraction of sp³-hybridized carbons (Fsp3) is 0.393. The minimum absolute atomic E-state index is 0.0816. The summed E-state index contributed by atoms with van der Waals surface area (Å²) in [4.78, 5) is 21.2. The lowest BCUT2D eigenvalue weighted by atomic mass is 9.73. The Hall–Kier alpha value is -3.32. The Kier molecular flexibility index (Phi) is 5.56. The molecule has 1 aliphatic heterocycles. The predicted molar refractivity (Wildman–Crippen MR) is 144 cm³/mol. The van der Waals surface area contributed by atoms with Crippen LogP contribution in [-0.2, 0) is 6.42 Å². The van der Waals surface area contributed by atoms with Crippen molar-refractivity contribution in [1.29, 1.82) is 0 Å². The lowest BCUT2D eigenvalue weighted by Gasteiger charge is -2.42. The van der Waals surface area contributed by atoms with E-state index in [-0.39, 0.29) is 17.4 Å². The number of halogens is 1. The molecule has 0 saturated carbocycles. The predicted octanol–water partition coefficient (Wildman–Crippen LogP) is 5.86. The summed E-state index contributed by atoms with van der Waals surface area (Å²) in [5.74, 6) is 1.19. The molecule has 1 aliphatic carbocycles. The van der Waals surface area contributed by atoms with Crippen LogP contribution in [0.1, 0.15) is 61.3 Å². The smallest absolute Gasteiger partial charge is 0.155 e. The lowest BCUT2D eigenvalue weighted by molar-refractivity contribution is 0.188. The third-order valence-corrected chi connectivity index (χ3v) is 8.38. The SMILES string of the molecule is C=NC1c2cccnc2CC12CCN(c1nc(C)c(-c3ccnc(C(C)C)c3Cl)n3nccc13)CC2. The molecule has 1 fully saturated rings. The molecule has 6 rings (SSSR count). The molecular formula is C28H30ClN7. The van der Waals surface area contributed by atoms with Gasteiger partial charge in [0.1, 0.15) is 5.52 Å². The molecule has 8 heteroatoms. The van der Waals surface area contributed by atoms with Gasteiger partial charge >= 0.3 is 0 Å². The Balaban J connectivity index is 1.35. The Bertz CT molecular complexity index is 1470. The van der Waals surface area contributed by atoms with E-state index in [4.69, 9.17) is 16.6 Å². The molecule has 0 amide bonds. The van der Waals surface area contributed by atoms with Gasteiger partial charge in [0.15, 0.2) is 5.82 Å². The molecule has 0 N–H and O–H groups in total. The van der Waals surface area contributed by atoms with E-state index in [9.17, 15) is 0 Å². The molecule has 5 heterocycles. The summed E-state index contributed by atoms with van der Waals surface area (Å²) >= 11 is 6.84. The number of anilines is 1. The second-order valence-corrected chi connectivity index (χ2v) is 10.7. The normalized spacial score (nSPS) is 18.8. The zero-order valence-corrected chi connectivity index (χ0v) is 21.7. The third kappa shape index (κ3) is 3.44. The maximum Gasteiger partial charge on any atom is 0.155 e. The second kappa shape index (κ2) is 8.66. The molecule has 184 valence electrons. The first-order valence-electron chi connectivity index (χ1n) is 12.6. The number of rotatable bonds is 4. The van der Waals surface area contributed by atoms with Crippen LogP contribution in [0.4, 0.5) is 5.82 Å². The molecule has 0 radical (unpaired) electrons. The molecule has 1 spiro atoms. The van der Waals surface area contributed by atoms with Crippen LogP contribution in [0.2, 0.25) is 5.02 Å². The van der Waals surface area contributed by atoms with E-state index in [1.54, 1.807) is 0 Å². The van der Waals surface area contributed by atoms with Crippen molar-refractivity contribution in [3.63, 3.8) is 0 Å². The van der Waals surface area contributed by atoms with Crippen molar-refractivity contribution in [2.24, 2.45) is 10.4 Å². The molecular weight excluding hydrogens is 470 g/mol. The van der Waals surface area contributed by atoms with Gasteiger partial charge in [-0.15, -0.1) is 0 Å². The van der Waals surface area contributed by atoms with E-state index in [0.29, 0.717) is 5.02 Å². The molecule has 4 aromatic heterocycles. The number of piperidine rings is 1. The minimum atomic E-state index is 0.0816. The standard InChI is InChI=1S/C28H30ClN7/c1-17(2)24-23(29)20(7-12-32-24)25-18(3)34-27(22-8-13-33-36(22)25)35-14-9-28(10-15-35)16-21-19(26(28)30-4)6-5-11-31-21/h5-8,11-13,17,26H,4,9-10,14-16H2,1-3H3. The zero-order chi connectivity index (χ0) is 25.0. The highest BCUT2D eigenvalue weighted by Crippen LogP contribution is 2.53. The van der Waals surface area contributed by atoms with Gasteiger partial charge in [0.25, 0.3) is 0 Å². The highest BCUT2D eigenvalue weighted by Gasteiger charge is 2.48. The van der Waals surface area contributed by atoms with E-state index in [1.165, 1.54) is 11.3 Å². The summed E-state index contributed by atoms with van der Waals surface area (Å²) in [5, 5.41) is 5.36. The van der Waals surface area contributed by atoms with E-state index >= 15 is 0 Å². The van der Waals surface area contributed by atoms with E-state index in [2.05, 4.69) is 51.6 Å². The highest BCUT2D eigenvalue weighted by molar-refractivity contribution is 6.34. The number of nitrogens with zero attached hydrogens (tertiary/aromatic N) is 7.